The zero-order chi connectivity index (χ0) is 13.0. The van der Waals surface area contributed by atoms with Gasteiger partial charge in [-0.25, -0.2) is 9.97 Å². The Labute approximate surface area is 106 Å². The summed E-state index contributed by atoms with van der Waals surface area (Å²) in [5.41, 5.74) is 2.52. The number of aromatic nitrogens is 3. The lowest BCUT2D eigenvalue weighted by atomic mass is 10.2. The van der Waals surface area contributed by atoms with Crippen molar-refractivity contribution < 1.29 is 5.11 Å². The van der Waals surface area contributed by atoms with Gasteiger partial charge in [0, 0.05) is 30.7 Å². The molecular formula is C13H16N4O. The Kier molecular flexibility index (Phi) is 3.84. The first kappa shape index (κ1) is 12.4. The number of aryl methyl sites for hydroxylation is 1. The third-order valence-electron chi connectivity index (χ3n) is 2.71. The Bertz CT molecular complexity index is 516. The summed E-state index contributed by atoms with van der Waals surface area (Å²) in [5, 5.41) is 9.08. The van der Waals surface area contributed by atoms with Gasteiger partial charge >= 0.3 is 0 Å². The molecule has 5 nitrogen and oxygen atoms in total. The number of hydrogen-bond acceptors (Lipinski definition) is 5. The summed E-state index contributed by atoms with van der Waals surface area (Å²) in [5.74, 6) is 0.635. The fraction of sp³-hybridized carbons (Fsp3) is 0.308. The van der Waals surface area contributed by atoms with Crippen LogP contribution in [-0.4, -0.2) is 27.1 Å². The Morgan fingerprint density at radius 2 is 2.11 bits per heavy atom. The van der Waals surface area contributed by atoms with Crippen molar-refractivity contribution in [3.63, 3.8) is 0 Å². The summed E-state index contributed by atoms with van der Waals surface area (Å²) in [7, 11) is 1.92. The van der Waals surface area contributed by atoms with Crippen molar-refractivity contribution in [1.29, 1.82) is 0 Å². The maximum atomic E-state index is 9.08. The smallest absolute Gasteiger partial charge is 0.225 e. The van der Waals surface area contributed by atoms with E-state index in [1.807, 2.05) is 37.1 Å². The van der Waals surface area contributed by atoms with Crippen LogP contribution in [0.3, 0.4) is 0 Å². The average molecular weight is 244 g/mol. The lowest BCUT2D eigenvalue weighted by molar-refractivity contribution is 0.280. The highest BCUT2D eigenvalue weighted by atomic mass is 16.3. The number of rotatable bonds is 4. The zero-order valence-corrected chi connectivity index (χ0v) is 10.5. The summed E-state index contributed by atoms with van der Waals surface area (Å²) >= 11 is 0. The summed E-state index contributed by atoms with van der Waals surface area (Å²) < 4.78 is 0. The average Bonchev–Trinajstić information content (AvgIpc) is 2.39. The molecule has 0 saturated carbocycles. The Morgan fingerprint density at radius 1 is 1.28 bits per heavy atom. The molecule has 0 amide bonds. The van der Waals surface area contributed by atoms with Gasteiger partial charge in [0.15, 0.2) is 0 Å². The highest BCUT2D eigenvalue weighted by molar-refractivity contribution is 5.32. The van der Waals surface area contributed by atoms with Crippen molar-refractivity contribution >= 4 is 5.95 Å². The lowest BCUT2D eigenvalue weighted by Crippen LogP contribution is -2.20. The topological polar surface area (TPSA) is 62.1 Å². The van der Waals surface area contributed by atoms with Gasteiger partial charge in [-0.3, -0.25) is 4.98 Å². The Balaban J connectivity index is 2.14. The first-order valence-electron chi connectivity index (χ1n) is 5.75. The molecule has 0 spiro atoms. The molecule has 2 rings (SSSR count). The molecule has 0 saturated heterocycles. The second-order valence-corrected chi connectivity index (χ2v) is 4.12. The summed E-state index contributed by atoms with van der Waals surface area (Å²) in [6.07, 6.45) is 3.43. The van der Waals surface area contributed by atoms with Crippen molar-refractivity contribution in [2.45, 2.75) is 20.1 Å². The third-order valence-corrected chi connectivity index (χ3v) is 2.71. The first-order valence-corrected chi connectivity index (χ1v) is 5.75. The van der Waals surface area contributed by atoms with E-state index >= 15 is 0 Å². The summed E-state index contributed by atoms with van der Waals surface area (Å²) in [4.78, 5) is 14.8. The molecule has 0 fully saturated rings. The standard InChI is InChI=1S/C13H16N4O/c1-10-11(9-18)7-15-13(16-10)17(2)8-12-5-3-4-6-14-12/h3-7,18H,8-9H2,1-2H3. The molecular weight excluding hydrogens is 228 g/mol. The second-order valence-electron chi connectivity index (χ2n) is 4.12. The molecule has 0 bridgehead atoms. The predicted octanol–water partition coefficient (Wildman–Crippen LogP) is 1.31. The van der Waals surface area contributed by atoms with E-state index in [-0.39, 0.29) is 6.61 Å². The van der Waals surface area contributed by atoms with Crippen molar-refractivity contribution in [2.24, 2.45) is 0 Å². The number of anilines is 1. The molecule has 2 aromatic heterocycles. The first-order chi connectivity index (χ1) is 8.70. The van der Waals surface area contributed by atoms with Crippen LogP contribution in [0, 0.1) is 6.92 Å². The van der Waals surface area contributed by atoms with Gasteiger partial charge < -0.3 is 10.0 Å². The van der Waals surface area contributed by atoms with Crippen LogP contribution in [-0.2, 0) is 13.2 Å². The normalized spacial score (nSPS) is 10.4. The van der Waals surface area contributed by atoms with E-state index in [2.05, 4.69) is 15.0 Å². The molecule has 18 heavy (non-hydrogen) atoms. The van der Waals surface area contributed by atoms with Gasteiger partial charge in [0.05, 0.1) is 18.8 Å². The van der Waals surface area contributed by atoms with Crippen LogP contribution in [0.2, 0.25) is 0 Å². The number of aliphatic hydroxyl groups is 1. The van der Waals surface area contributed by atoms with Crippen LogP contribution in [0.5, 0.6) is 0 Å². The number of pyridine rings is 1. The Morgan fingerprint density at radius 3 is 2.72 bits per heavy atom. The highest BCUT2D eigenvalue weighted by Crippen LogP contribution is 2.11. The molecule has 5 heteroatoms. The van der Waals surface area contributed by atoms with Crippen LogP contribution in [0.25, 0.3) is 0 Å². The van der Waals surface area contributed by atoms with Crippen molar-refractivity contribution in [2.75, 3.05) is 11.9 Å². The van der Waals surface area contributed by atoms with E-state index in [1.54, 1.807) is 12.4 Å². The molecule has 94 valence electrons. The van der Waals surface area contributed by atoms with Gasteiger partial charge in [-0.05, 0) is 19.1 Å². The van der Waals surface area contributed by atoms with Gasteiger partial charge in [0.1, 0.15) is 0 Å². The monoisotopic (exact) mass is 244 g/mol. The largest absolute Gasteiger partial charge is 0.392 e. The molecule has 0 atom stereocenters. The molecule has 0 aromatic carbocycles. The van der Waals surface area contributed by atoms with Gasteiger partial charge in [0.2, 0.25) is 5.95 Å². The van der Waals surface area contributed by atoms with E-state index < -0.39 is 0 Å². The molecule has 2 aromatic rings. The molecule has 0 aliphatic carbocycles. The highest BCUT2D eigenvalue weighted by Gasteiger charge is 2.08. The SMILES string of the molecule is Cc1nc(N(C)Cc2ccccn2)ncc1CO. The quantitative estimate of drug-likeness (QED) is 0.878. The van der Waals surface area contributed by atoms with E-state index in [0.717, 1.165) is 17.0 Å². The van der Waals surface area contributed by atoms with Crippen molar-refractivity contribution in [3.8, 4) is 0 Å². The molecule has 0 aliphatic heterocycles. The van der Waals surface area contributed by atoms with Crippen LogP contribution < -0.4 is 4.90 Å². The van der Waals surface area contributed by atoms with Crippen molar-refractivity contribution in [3.05, 3.63) is 47.5 Å². The summed E-state index contributed by atoms with van der Waals surface area (Å²) in [6.45, 7) is 2.49. The summed E-state index contributed by atoms with van der Waals surface area (Å²) in [6, 6.07) is 5.81. The molecule has 0 radical (unpaired) electrons. The van der Waals surface area contributed by atoms with E-state index in [9.17, 15) is 0 Å². The number of nitrogens with zero attached hydrogens (tertiary/aromatic N) is 4. The van der Waals surface area contributed by atoms with Crippen LogP contribution in [0.1, 0.15) is 17.0 Å². The van der Waals surface area contributed by atoms with Gasteiger partial charge in [-0.2, -0.15) is 0 Å². The minimum Gasteiger partial charge on any atom is -0.392 e. The maximum Gasteiger partial charge on any atom is 0.225 e. The fourth-order valence-electron chi connectivity index (χ4n) is 1.62. The second kappa shape index (κ2) is 5.55. The lowest BCUT2D eigenvalue weighted by Gasteiger charge is -2.17. The number of hydrogen-bond donors (Lipinski definition) is 1. The zero-order valence-electron chi connectivity index (χ0n) is 10.5. The predicted molar refractivity (Wildman–Crippen MR) is 69.0 cm³/mol. The Hall–Kier alpha value is -2.01. The van der Waals surface area contributed by atoms with Gasteiger partial charge in [-0.15, -0.1) is 0 Å². The molecule has 0 unspecified atom stereocenters. The van der Waals surface area contributed by atoms with Crippen LogP contribution in [0.15, 0.2) is 30.6 Å². The third kappa shape index (κ3) is 2.81. The molecule has 0 aliphatic rings. The van der Waals surface area contributed by atoms with Crippen molar-refractivity contribution in [1.82, 2.24) is 15.0 Å². The maximum absolute atomic E-state index is 9.08. The van der Waals surface area contributed by atoms with Crippen LogP contribution >= 0.6 is 0 Å². The molecule has 1 N–H and O–H groups in total. The fourth-order valence-corrected chi connectivity index (χ4v) is 1.62. The van der Waals surface area contributed by atoms with E-state index in [0.29, 0.717) is 12.5 Å². The molecule has 2 heterocycles. The minimum atomic E-state index is -0.0317. The van der Waals surface area contributed by atoms with Gasteiger partial charge in [0.25, 0.3) is 0 Å². The van der Waals surface area contributed by atoms with Gasteiger partial charge in [-0.1, -0.05) is 6.07 Å². The van der Waals surface area contributed by atoms with E-state index in [4.69, 9.17) is 5.11 Å². The van der Waals surface area contributed by atoms with Crippen LogP contribution in [0.4, 0.5) is 5.95 Å². The van der Waals surface area contributed by atoms with E-state index in [1.165, 1.54) is 0 Å². The number of aliphatic hydroxyl groups excluding tert-OH is 1. The minimum absolute atomic E-state index is 0.0317.